The number of carbonyl (C=O) groups is 2. The molecule has 1 heterocycles. The lowest BCUT2D eigenvalue weighted by atomic mass is 9.79. The molecule has 0 saturated heterocycles. The van der Waals surface area contributed by atoms with Gasteiger partial charge in [-0.05, 0) is 32.6 Å². The number of Topliss-reactive ketones (excluding diaryl/α,β-unsaturated/α-hetero) is 1. The number of aliphatic hydroxyl groups is 2. The second-order valence-electron chi connectivity index (χ2n) is 6.84. The smallest absolute Gasteiger partial charge is 0.318 e. The third kappa shape index (κ3) is 1.75. The van der Waals surface area contributed by atoms with Gasteiger partial charge in [0.05, 0.1) is 0 Å². The summed E-state index contributed by atoms with van der Waals surface area (Å²) in [5.41, 5.74) is -3.84. The summed E-state index contributed by atoms with van der Waals surface area (Å²) in [5, 5.41) is 22.1. The fourth-order valence-electron chi connectivity index (χ4n) is 4.23. The van der Waals surface area contributed by atoms with Gasteiger partial charge in [-0.2, -0.15) is 0 Å². The largest absolute Gasteiger partial charge is 0.462 e. The zero-order chi connectivity index (χ0) is 17.1. The van der Waals surface area contributed by atoms with Crippen molar-refractivity contribution in [2.45, 2.75) is 50.0 Å². The van der Waals surface area contributed by atoms with Crippen LogP contribution in [0.5, 0.6) is 0 Å². The van der Waals surface area contributed by atoms with Crippen LogP contribution in [-0.4, -0.2) is 39.4 Å². The number of nitrogens with zero attached hydrogens (tertiary/aromatic N) is 1. The van der Waals surface area contributed by atoms with Crippen LogP contribution in [0.25, 0.3) is 0 Å². The average molecular weight is 329 g/mol. The molecule has 0 aromatic heterocycles. The molecule has 6 heteroatoms. The molecular formula is C18H19NO5. The Morgan fingerprint density at radius 1 is 1.25 bits per heavy atom. The van der Waals surface area contributed by atoms with E-state index < -0.39 is 29.0 Å². The fraction of sp³-hybridized carbons (Fsp3) is 0.500. The van der Waals surface area contributed by atoms with E-state index in [1.54, 1.807) is 18.2 Å². The van der Waals surface area contributed by atoms with Crippen LogP contribution in [-0.2, 0) is 15.3 Å². The summed E-state index contributed by atoms with van der Waals surface area (Å²) in [5.74, 6) is -2.67. The summed E-state index contributed by atoms with van der Waals surface area (Å²) in [7, 11) is 0. The van der Waals surface area contributed by atoms with Gasteiger partial charge in [0.15, 0.2) is 5.60 Å². The normalized spacial score (nSPS) is 34.9. The summed E-state index contributed by atoms with van der Waals surface area (Å²) < 4.78 is 5.49. The van der Waals surface area contributed by atoms with Gasteiger partial charge in [0.2, 0.25) is 11.5 Å². The molecule has 24 heavy (non-hydrogen) atoms. The third-order valence-corrected chi connectivity index (χ3v) is 5.42. The minimum absolute atomic E-state index is 0.192. The van der Waals surface area contributed by atoms with Crippen molar-refractivity contribution in [3.8, 4) is 0 Å². The van der Waals surface area contributed by atoms with E-state index in [0.29, 0.717) is 0 Å². The van der Waals surface area contributed by atoms with Crippen LogP contribution >= 0.6 is 0 Å². The van der Waals surface area contributed by atoms with Crippen LogP contribution < -0.4 is 0 Å². The van der Waals surface area contributed by atoms with Crippen LogP contribution in [0.1, 0.15) is 48.5 Å². The molecule has 3 atom stereocenters. The van der Waals surface area contributed by atoms with E-state index in [1.807, 2.05) is 0 Å². The lowest BCUT2D eigenvalue weighted by molar-refractivity contribution is -0.169. The molecular weight excluding hydrogens is 310 g/mol. The zero-order valence-corrected chi connectivity index (χ0v) is 13.4. The molecule has 0 bridgehead atoms. The highest BCUT2D eigenvalue weighted by molar-refractivity contribution is 6.18. The van der Waals surface area contributed by atoms with E-state index >= 15 is 0 Å². The zero-order valence-electron chi connectivity index (χ0n) is 13.4. The van der Waals surface area contributed by atoms with Crippen molar-refractivity contribution in [1.29, 1.82) is 0 Å². The molecule has 1 fully saturated rings. The number of ketones is 1. The lowest BCUT2D eigenvalue weighted by Gasteiger charge is -2.32. The highest BCUT2D eigenvalue weighted by Gasteiger charge is 2.72. The van der Waals surface area contributed by atoms with E-state index in [-0.39, 0.29) is 22.9 Å². The number of ether oxygens (including phenoxy) is 1. The Balaban J connectivity index is 1.75. The van der Waals surface area contributed by atoms with Gasteiger partial charge in [-0.3, -0.25) is 14.6 Å². The van der Waals surface area contributed by atoms with Crippen molar-refractivity contribution in [3.63, 3.8) is 0 Å². The van der Waals surface area contributed by atoms with Crippen LogP contribution in [0.15, 0.2) is 29.3 Å². The molecule has 2 aliphatic carbocycles. The molecule has 4 rings (SSSR count). The van der Waals surface area contributed by atoms with Crippen molar-refractivity contribution in [1.82, 2.24) is 0 Å². The molecule has 1 aromatic rings. The highest BCUT2D eigenvalue weighted by Crippen LogP contribution is 2.53. The maximum Gasteiger partial charge on any atom is 0.318 e. The Kier molecular flexibility index (Phi) is 3.21. The molecule has 1 aliphatic heterocycles. The van der Waals surface area contributed by atoms with Crippen molar-refractivity contribution in [3.05, 3.63) is 35.4 Å². The molecule has 126 valence electrons. The van der Waals surface area contributed by atoms with E-state index in [9.17, 15) is 19.8 Å². The Bertz CT molecular complexity index is 766. The molecule has 6 nitrogen and oxygen atoms in total. The summed E-state index contributed by atoms with van der Waals surface area (Å²) in [6.07, 6.45) is 3.36. The van der Waals surface area contributed by atoms with Crippen molar-refractivity contribution in [2.75, 3.05) is 0 Å². The van der Waals surface area contributed by atoms with Gasteiger partial charge in [-0.15, -0.1) is 0 Å². The standard InChI is InChI=1S/C18H19NO5/c1-10-14(16(21)24-11-6-2-3-7-11)17(22)15(20)12-8-4-5-9-13(12)18(17,23)19-10/h4-5,8-9,11,14,22-23H,2-3,6-7H2,1H3/t14?,17-,18+/m1/s1. The number of carbonyl (C=O) groups excluding carboxylic acids is 2. The van der Waals surface area contributed by atoms with Crippen LogP contribution in [0.4, 0.5) is 0 Å². The molecule has 1 aromatic carbocycles. The van der Waals surface area contributed by atoms with Gasteiger partial charge in [0.25, 0.3) is 0 Å². The molecule has 0 amide bonds. The van der Waals surface area contributed by atoms with E-state index in [2.05, 4.69) is 4.99 Å². The minimum atomic E-state index is -2.34. The SMILES string of the molecule is CC1=N[C@]2(O)c3ccccc3C(=O)[C@]2(O)C1C(=O)OC1CCCC1. The Labute approximate surface area is 139 Å². The lowest BCUT2D eigenvalue weighted by Crippen LogP contribution is -2.56. The Hall–Kier alpha value is -2.05. The number of hydrogen-bond acceptors (Lipinski definition) is 6. The minimum Gasteiger partial charge on any atom is -0.462 e. The predicted molar refractivity (Wildman–Crippen MR) is 84.6 cm³/mol. The number of aliphatic imine (C=N–C) groups is 1. The van der Waals surface area contributed by atoms with E-state index in [0.717, 1.165) is 25.7 Å². The van der Waals surface area contributed by atoms with Gasteiger partial charge in [-0.1, -0.05) is 24.3 Å². The van der Waals surface area contributed by atoms with Crippen molar-refractivity contribution in [2.24, 2.45) is 10.9 Å². The molecule has 3 aliphatic rings. The van der Waals surface area contributed by atoms with Crippen molar-refractivity contribution < 1.29 is 24.5 Å². The van der Waals surface area contributed by atoms with Gasteiger partial charge >= 0.3 is 5.97 Å². The van der Waals surface area contributed by atoms with E-state index in [1.165, 1.54) is 13.0 Å². The van der Waals surface area contributed by atoms with Crippen LogP contribution in [0.3, 0.4) is 0 Å². The number of benzene rings is 1. The first kappa shape index (κ1) is 15.5. The van der Waals surface area contributed by atoms with Crippen LogP contribution in [0.2, 0.25) is 0 Å². The third-order valence-electron chi connectivity index (χ3n) is 5.42. The molecule has 1 saturated carbocycles. The molecule has 0 radical (unpaired) electrons. The second-order valence-corrected chi connectivity index (χ2v) is 6.84. The number of fused-ring (bicyclic) bond motifs is 3. The second kappa shape index (κ2) is 4.97. The van der Waals surface area contributed by atoms with Gasteiger partial charge in [0, 0.05) is 16.8 Å². The summed E-state index contributed by atoms with van der Waals surface area (Å²) in [4.78, 5) is 29.6. The summed E-state index contributed by atoms with van der Waals surface area (Å²) in [6.45, 7) is 1.53. The van der Waals surface area contributed by atoms with Crippen LogP contribution in [0, 0.1) is 5.92 Å². The monoisotopic (exact) mass is 329 g/mol. The topological polar surface area (TPSA) is 96.2 Å². The number of esters is 1. The number of hydrogen-bond donors (Lipinski definition) is 2. The van der Waals surface area contributed by atoms with Crippen molar-refractivity contribution >= 4 is 17.5 Å². The highest BCUT2D eigenvalue weighted by atomic mass is 16.5. The summed E-state index contributed by atoms with van der Waals surface area (Å²) in [6, 6.07) is 6.38. The Morgan fingerprint density at radius 2 is 1.92 bits per heavy atom. The number of rotatable bonds is 2. The quantitative estimate of drug-likeness (QED) is 0.798. The van der Waals surface area contributed by atoms with Gasteiger partial charge in [-0.25, -0.2) is 0 Å². The van der Waals surface area contributed by atoms with E-state index in [4.69, 9.17) is 4.74 Å². The first-order chi connectivity index (χ1) is 11.4. The Morgan fingerprint density at radius 3 is 2.62 bits per heavy atom. The molecule has 0 spiro atoms. The first-order valence-electron chi connectivity index (χ1n) is 8.25. The maximum atomic E-state index is 12.8. The van der Waals surface area contributed by atoms with Gasteiger partial charge in [0.1, 0.15) is 12.0 Å². The molecule has 2 N–H and O–H groups in total. The fourth-order valence-corrected chi connectivity index (χ4v) is 4.23. The maximum absolute atomic E-state index is 12.8. The molecule has 1 unspecified atom stereocenters. The van der Waals surface area contributed by atoms with Gasteiger partial charge < -0.3 is 14.9 Å². The predicted octanol–water partition coefficient (Wildman–Crippen LogP) is 1.34. The average Bonchev–Trinajstić information content (AvgIpc) is 3.16. The first-order valence-corrected chi connectivity index (χ1v) is 8.25. The summed E-state index contributed by atoms with van der Waals surface area (Å²) >= 11 is 0.